The highest BCUT2D eigenvalue weighted by molar-refractivity contribution is 5.95. The lowest BCUT2D eigenvalue weighted by atomic mass is 10.0. The summed E-state index contributed by atoms with van der Waals surface area (Å²) in [5.74, 6) is -0.558. The molecule has 1 fully saturated rings. The van der Waals surface area contributed by atoms with Crippen LogP contribution in [0, 0.1) is 5.92 Å². The molecule has 3 heterocycles. The molecule has 0 saturated heterocycles. The van der Waals surface area contributed by atoms with Gasteiger partial charge in [0.2, 0.25) is 5.91 Å². The zero-order valence-electron chi connectivity index (χ0n) is 14.1. The molecule has 1 saturated carbocycles. The number of rotatable bonds is 3. The first-order chi connectivity index (χ1) is 12.0. The van der Waals surface area contributed by atoms with Crippen molar-refractivity contribution >= 4 is 11.9 Å². The first-order valence-electron chi connectivity index (χ1n) is 8.57. The Kier molecular flexibility index (Phi) is 3.78. The molecule has 2 aromatic rings. The van der Waals surface area contributed by atoms with E-state index < -0.39 is 5.97 Å². The Morgan fingerprint density at radius 1 is 1.24 bits per heavy atom. The van der Waals surface area contributed by atoms with Crippen LogP contribution >= 0.6 is 0 Å². The third kappa shape index (κ3) is 3.01. The van der Waals surface area contributed by atoms with Crippen LogP contribution in [0.3, 0.4) is 0 Å². The number of aryl methyl sites for hydroxylation is 1. The van der Waals surface area contributed by atoms with Crippen LogP contribution in [0.1, 0.15) is 34.5 Å². The molecule has 0 radical (unpaired) electrons. The van der Waals surface area contributed by atoms with Gasteiger partial charge < -0.3 is 10.0 Å². The number of carboxylic acid groups (broad SMARTS) is 1. The minimum Gasteiger partial charge on any atom is -0.478 e. The van der Waals surface area contributed by atoms with E-state index in [9.17, 15) is 14.7 Å². The summed E-state index contributed by atoms with van der Waals surface area (Å²) in [6, 6.07) is 1.72. The Morgan fingerprint density at radius 2 is 2.00 bits per heavy atom. The first kappa shape index (κ1) is 15.8. The number of aromatic nitrogens is 3. The van der Waals surface area contributed by atoms with Gasteiger partial charge in [0, 0.05) is 49.9 Å². The fourth-order valence-corrected chi connectivity index (χ4v) is 3.37. The lowest BCUT2D eigenvalue weighted by Gasteiger charge is -2.19. The van der Waals surface area contributed by atoms with E-state index in [1.54, 1.807) is 30.2 Å². The molecule has 2 aromatic heterocycles. The molecule has 1 N–H and O–H groups in total. The Bertz CT molecular complexity index is 854. The number of amides is 1. The van der Waals surface area contributed by atoms with E-state index in [2.05, 4.69) is 10.1 Å². The maximum absolute atomic E-state index is 12.3. The highest BCUT2D eigenvalue weighted by Crippen LogP contribution is 2.32. The third-order valence-electron chi connectivity index (χ3n) is 4.91. The van der Waals surface area contributed by atoms with Gasteiger partial charge in [-0.05, 0) is 30.9 Å². The molecular weight excluding hydrogens is 320 g/mol. The molecule has 0 unspecified atom stereocenters. The maximum atomic E-state index is 12.3. The summed E-state index contributed by atoms with van der Waals surface area (Å²) < 4.78 is 1.63. The van der Waals surface area contributed by atoms with E-state index in [4.69, 9.17) is 0 Å². The molecule has 1 aliphatic heterocycles. The van der Waals surface area contributed by atoms with Gasteiger partial charge in [0.15, 0.2) is 0 Å². The van der Waals surface area contributed by atoms with E-state index in [1.165, 1.54) is 0 Å². The van der Waals surface area contributed by atoms with E-state index in [0.29, 0.717) is 37.2 Å². The number of hydrogen-bond acceptors (Lipinski definition) is 4. The van der Waals surface area contributed by atoms with Gasteiger partial charge in [0.25, 0.3) is 0 Å². The van der Waals surface area contributed by atoms with Crippen LogP contribution in [0.25, 0.3) is 11.3 Å². The quantitative estimate of drug-likeness (QED) is 0.915. The van der Waals surface area contributed by atoms with E-state index >= 15 is 0 Å². The van der Waals surface area contributed by atoms with Crippen LogP contribution in [-0.2, 0) is 24.7 Å². The second-order valence-corrected chi connectivity index (χ2v) is 6.80. The molecule has 0 bridgehead atoms. The molecule has 0 spiro atoms. The average molecular weight is 340 g/mol. The zero-order valence-corrected chi connectivity index (χ0v) is 14.1. The van der Waals surface area contributed by atoms with Crippen molar-refractivity contribution in [1.29, 1.82) is 0 Å². The number of pyridine rings is 1. The predicted molar refractivity (Wildman–Crippen MR) is 90.1 cm³/mol. The number of fused-ring (bicyclic) bond motifs is 1. The highest BCUT2D eigenvalue weighted by atomic mass is 16.4. The van der Waals surface area contributed by atoms with Gasteiger partial charge in [-0.15, -0.1) is 0 Å². The Balaban J connectivity index is 1.68. The first-order valence-corrected chi connectivity index (χ1v) is 8.57. The SMILES string of the molecule is Cn1cc(-c2nc3c(cc2C(=O)O)CCN(C(=O)C2CC2)CC3)cn1. The van der Waals surface area contributed by atoms with Crippen LogP contribution in [-0.4, -0.2) is 49.7 Å². The molecule has 0 atom stereocenters. The van der Waals surface area contributed by atoms with Crippen LogP contribution < -0.4 is 0 Å². The van der Waals surface area contributed by atoms with Crippen LogP contribution in [0.5, 0.6) is 0 Å². The van der Waals surface area contributed by atoms with E-state index in [1.807, 2.05) is 4.90 Å². The summed E-state index contributed by atoms with van der Waals surface area (Å²) in [4.78, 5) is 30.6. The van der Waals surface area contributed by atoms with E-state index in [0.717, 1.165) is 24.1 Å². The van der Waals surface area contributed by atoms with Crippen LogP contribution in [0.4, 0.5) is 0 Å². The van der Waals surface area contributed by atoms with E-state index in [-0.39, 0.29) is 17.4 Å². The molecule has 1 amide bonds. The Labute approximate surface area is 145 Å². The Hall–Kier alpha value is -2.70. The second kappa shape index (κ2) is 5.98. The predicted octanol–water partition coefficient (Wildman–Crippen LogP) is 1.52. The van der Waals surface area contributed by atoms with Gasteiger partial charge in [-0.2, -0.15) is 5.10 Å². The van der Waals surface area contributed by atoms with Crippen molar-refractivity contribution in [2.45, 2.75) is 25.7 Å². The van der Waals surface area contributed by atoms with Gasteiger partial charge in [0.1, 0.15) is 0 Å². The number of hydrogen-bond donors (Lipinski definition) is 1. The van der Waals surface area contributed by atoms with Crippen LogP contribution in [0.2, 0.25) is 0 Å². The topological polar surface area (TPSA) is 88.3 Å². The molecule has 25 heavy (non-hydrogen) atoms. The largest absolute Gasteiger partial charge is 0.478 e. The van der Waals surface area contributed by atoms with Gasteiger partial charge in [0.05, 0.1) is 17.5 Å². The van der Waals surface area contributed by atoms with Crippen molar-refractivity contribution in [1.82, 2.24) is 19.7 Å². The lowest BCUT2D eigenvalue weighted by molar-refractivity contribution is -0.132. The minimum absolute atomic E-state index is 0.189. The molecule has 130 valence electrons. The van der Waals surface area contributed by atoms with Gasteiger partial charge in [-0.1, -0.05) is 0 Å². The standard InChI is InChI=1S/C18H20N4O3/c1-21-10-13(9-19-21)16-14(18(24)25)8-12-4-6-22(7-5-15(12)20-16)17(23)11-2-3-11/h8-11H,2-7H2,1H3,(H,24,25). The molecule has 0 aromatic carbocycles. The summed E-state index contributed by atoms with van der Waals surface area (Å²) >= 11 is 0. The summed E-state index contributed by atoms with van der Waals surface area (Å²) in [7, 11) is 1.79. The summed E-state index contributed by atoms with van der Waals surface area (Å²) in [6.07, 6.45) is 6.68. The smallest absolute Gasteiger partial charge is 0.337 e. The van der Waals surface area contributed by atoms with Crippen molar-refractivity contribution in [3.05, 3.63) is 35.3 Å². The molecule has 7 heteroatoms. The van der Waals surface area contributed by atoms with Crippen molar-refractivity contribution < 1.29 is 14.7 Å². The number of carboxylic acids is 1. The summed E-state index contributed by atoms with van der Waals surface area (Å²) in [6.45, 7) is 1.28. The van der Waals surface area contributed by atoms with Gasteiger partial charge in [-0.3, -0.25) is 14.5 Å². The molecule has 7 nitrogen and oxygen atoms in total. The number of nitrogens with zero attached hydrogens (tertiary/aromatic N) is 4. The average Bonchev–Trinajstić information content (AvgIpc) is 3.38. The number of carbonyl (C=O) groups excluding carboxylic acids is 1. The molecule has 4 rings (SSSR count). The van der Waals surface area contributed by atoms with Gasteiger partial charge in [-0.25, -0.2) is 4.79 Å². The van der Waals surface area contributed by atoms with Crippen molar-refractivity contribution in [2.75, 3.05) is 13.1 Å². The van der Waals surface area contributed by atoms with Crippen molar-refractivity contribution in [3.63, 3.8) is 0 Å². The Morgan fingerprint density at radius 3 is 2.64 bits per heavy atom. The summed E-state index contributed by atoms with van der Waals surface area (Å²) in [5, 5.41) is 13.7. The molecule has 2 aliphatic rings. The molecule has 1 aliphatic carbocycles. The van der Waals surface area contributed by atoms with Crippen molar-refractivity contribution in [3.8, 4) is 11.3 Å². The third-order valence-corrected chi connectivity index (χ3v) is 4.91. The lowest BCUT2D eigenvalue weighted by Crippen LogP contribution is -2.34. The normalized spacial score (nSPS) is 17.1. The number of aromatic carboxylic acids is 1. The number of carbonyl (C=O) groups is 2. The fourth-order valence-electron chi connectivity index (χ4n) is 3.37. The second-order valence-electron chi connectivity index (χ2n) is 6.80. The zero-order chi connectivity index (χ0) is 17.6. The fraction of sp³-hybridized carbons (Fsp3) is 0.444. The van der Waals surface area contributed by atoms with Gasteiger partial charge >= 0.3 is 5.97 Å². The van der Waals surface area contributed by atoms with Crippen molar-refractivity contribution in [2.24, 2.45) is 13.0 Å². The highest BCUT2D eigenvalue weighted by Gasteiger charge is 2.34. The van der Waals surface area contributed by atoms with Crippen LogP contribution in [0.15, 0.2) is 18.5 Å². The maximum Gasteiger partial charge on any atom is 0.337 e. The summed E-state index contributed by atoms with van der Waals surface area (Å²) in [5.41, 5.74) is 3.14. The monoisotopic (exact) mass is 340 g/mol. The molecular formula is C18H20N4O3. The minimum atomic E-state index is -0.996.